The van der Waals surface area contributed by atoms with Crippen molar-refractivity contribution in [1.82, 2.24) is 4.90 Å². The highest BCUT2D eigenvalue weighted by Crippen LogP contribution is 2.31. The van der Waals surface area contributed by atoms with Crippen LogP contribution in [0.4, 0.5) is 0 Å². The first-order valence-corrected chi connectivity index (χ1v) is 5.91. The highest BCUT2D eigenvalue weighted by molar-refractivity contribution is 6.21. The Hall–Kier alpha value is -1.68. The molecule has 0 radical (unpaired) electrons. The van der Waals surface area contributed by atoms with Gasteiger partial charge in [0.05, 0.1) is 11.1 Å². The molecule has 1 fully saturated rings. The number of benzene rings is 1. The van der Waals surface area contributed by atoms with Crippen LogP contribution in [-0.4, -0.2) is 28.8 Å². The molecule has 1 aliphatic heterocycles. The van der Waals surface area contributed by atoms with E-state index in [-0.39, 0.29) is 23.9 Å². The lowest BCUT2D eigenvalue weighted by atomic mass is 10.1. The van der Waals surface area contributed by atoms with Crippen LogP contribution >= 0.6 is 0 Å². The number of amides is 2. The summed E-state index contributed by atoms with van der Waals surface area (Å²) in [5.74, 6) is -0.325. The Kier molecular flexibility index (Phi) is 2.26. The lowest BCUT2D eigenvalue weighted by Crippen LogP contribution is -2.39. The summed E-state index contributed by atoms with van der Waals surface area (Å²) < 4.78 is 0. The summed E-state index contributed by atoms with van der Waals surface area (Å²) in [6, 6.07) is 7.10. The second-order valence-electron chi connectivity index (χ2n) is 4.75. The first-order chi connectivity index (χ1) is 8.18. The average Bonchev–Trinajstić information content (AvgIpc) is 2.84. The fourth-order valence-electron chi connectivity index (χ4n) is 2.77. The lowest BCUT2D eigenvalue weighted by molar-refractivity contribution is 0.0587. The van der Waals surface area contributed by atoms with E-state index in [0.29, 0.717) is 11.1 Å². The van der Waals surface area contributed by atoms with Gasteiger partial charge in [0.2, 0.25) is 0 Å². The fraction of sp³-hybridized carbons (Fsp3) is 0.385. The molecule has 0 spiro atoms. The molecule has 88 valence electrons. The number of carbonyl (C=O) groups excluding carboxylic acids is 2. The minimum Gasteiger partial charge on any atom is -0.328 e. The largest absolute Gasteiger partial charge is 0.328 e. The van der Waals surface area contributed by atoms with Crippen molar-refractivity contribution in [2.45, 2.75) is 31.3 Å². The second-order valence-corrected chi connectivity index (χ2v) is 4.75. The van der Waals surface area contributed by atoms with E-state index in [0.717, 1.165) is 19.3 Å². The van der Waals surface area contributed by atoms with Crippen molar-refractivity contribution >= 4 is 11.8 Å². The molecule has 0 saturated heterocycles. The molecular formula is C13H14N2O2. The predicted molar refractivity (Wildman–Crippen MR) is 62.6 cm³/mol. The number of carbonyl (C=O) groups is 2. The van der Waals surface area contributed by atoms with Gasteiger partial charge in [0, 0.05) is 12.1 Å². The lowest BCUT2D eigenvalue weighted by Gasteiger charge is -2.21. The summed E-state index contributed by atoms with van der Waals surface area (Å²) >= 11 is 0. The SMILES string of the molecule is NC1CCC(N2C(=O)c3ccccc3C2=O)C1. The number of imide groups is 1. The molecule has 2 unspecified atom stereocenters. The second kappa shape index (κ2) is 3.67. The fourth-order valence-corrected chi connectivity index (χ4v) is 2.77. The third kappa shape index (κ3) is 1.48. The predicted octanol–water partition coefficient (Wildman–Crippen LogP) is 1.16. The van der Waals surface area contributed by atoms with Crippen molar-refractivity contribution in [3.05, 3.63) is 35.4 Å². The van der Waals surface area contributed by atoms with Crippen molar-refractivity contribution in [2.24, 2.45) is 5.73 Å². The Balaban J connectivity index is 1.95. The van der Waals surface area contributed by atoms with Gasteiger partial charge >= 0.3 is 0 Å². The van der Waals surface area contributed by atoms with E-state index in [9.17, 15) is 9.59 Å². The Labute approximate surface area is 99.4 Å². The van der Waals surface area contributed by atoms with Crippen LogP contribution in [0.2, 0.25) is 0 Å². The number of nitrogens with zero attached hydrogens (tertiary/aromatic N) is 1. The molecule has 4 heteroatoms. The third-order valence-corrected chi connectivity index (χ3v) is 3.64. The van der Waals surface area contributed by atoms with Crippen LogP contribution in [0.25, 0.3) is 0 Å². The zero-order valence-electron chi connectivity index (χ0n) is 9.43. The van der Waals surface area contributed by atoms with E-state index < -0.39 is 0 Å². The molecule has 3 rings (SSSR count). The molecule has 0 bridgehead atoms. The number of rotatable bonds is 1. The van der Waals surface area contributed by atoms with Gasteiger partial charge in [-0.3, -0.25) is 14.5 Å². The van der Waals surface area contributed by atoms with Crippen LogP contribution in [0.3, 0.4) is 0 Å². The molecule has 1 saturated carbocycles. The monoisotopic (exact) mass is 230 g/mol. The summed E-state index contributed by atoms with van der Waals surface area (Å²) in [5.41, 5.74) is 6.89. The molecule has 2 aliphatic rings. The molecule has 1 heterocycles. The molecule has 0 aromatic heterocycles. The van der Waals surface area contributed by atoms with Crippen molar-refractivity contribution < 1.29 is 9.59 Å². The number of fused-ring (bicyclic) bond motifs is 1. The number of nitrogens with two attached hydrogens (primary N) is 1. The van der Waals surface area contributed by atoms with Crippen LogP contribution in [0.5, 0.6) is 0 Å². The van der Waals surface area contributed by atoms with Crippen LogP contribution in [0.1, 0.15) is 40.0 Å². The van der Waals surface area contributed by atoms with E-state index in [1.54, 1.807) is 24.3 Å². The van der Waals surface area contributed by atoms with Gasteiger partial charge in [-0.1, -0.05) is 12.1 Å². The van der Waals surface area contributed by atoms with Crippen LogP contribution < -0.4 is 5.73 Å². The summed E-state index contributed by atoms with van der Waals surface area (Å²) in [4.78, 5) is 25.7. The summed E-state index contributed by atoms with van der Waals surface area (Å²) in [6.07, 6.45) is 2.44. The Bertz CT molecular complexity index is 463. The summed E-state index contributed by atoms with van der Waals surface area (Å²) in [7, 11) is 0. The summed E-state index contributed by atoms with van der Waals surface area (Å²) in [6.45, 7) is 0. The maximum absolute atomic E-state index is 12.2. The number of hydrogen-bond donors (Lipinski definition) is 1. The van der Waals surface area contributed by atoms with Crippen LogP contribution in [-0.2, 0) is 0 Å². The molecule has 2 amide bonds. The molecular weight excluding hydrogens is 216 g/mol. The average molecular weight is 230 g/mol. The van der Waals surface area contributed by atoms with Gasteiger partial charge in [-0.05, 0) is 31.4 Å². The minimum atomic E-state index is -0.162. The summed E-state index contributed by atoms with van der Waals surface area (Å²) in [5, 5.41) is 0. The first kappa shape index (κ1) is 10.5. The van der Waals surface area contributed by atoms with Gasteiger partial charge in [0.25, 0.3) is 11.8 Å². The normalized spacial score (nSPS) is 27.7. The van der Waals surface area contributed by atoms with E-state index >= 15 is 0 Å². The van der Waals surface area contributed by atoms with E-state index in [4.69, 9.17) is 5.73 Å². The topological polar surface area (TPSA) is 63.4 Å². The highest BCUT2D eigenvalue weighted by Gasteiger charge is 2.41. The molecule has 2 atom stereocenters. The third-order valence-electron chi connectivity index (χ3n) is 3.64. The van der Waals surface area contributed by atoms with E-state index in [1.807, 2.05) is 0 Å². The van der Waals surface area contributed by atoms with Crippen molar-refractivity contribution in [1.29, 1.82) is 0 Å². The van der Waals surface area contributed by atoms with Crippen molar-refractivity contribution in [3.63, 3.8) is 0 Å². The maximum Gasteiger partial charge on any atom is 0.261 e. The van der Waals surface area contributed by atoms with Gasteiger partial charge in [0.15, 0.2) is 0 Å². The maximum atomic E-state index is 12.2. The molecule has 17 heavy (non-hydrogen) atoms. The number of hydrogen-bond acceptors (Lipinski definition) is 3. The van der Waals surface area contributed by atoms with E-state index in [1.165, 1.54) is 4.90 Å². The molecule has 1 aromatic rings. The molecule has 2 N–H and O–H groups in total. The van der Waals surface area contributed by atoms with Crippen LogP contribution in [0.15, 0.2) is 24.3 Å². The van der Waals surface area contributed by atoms with Gasteiger partial charge in [0.1, 0.15) is 0 Å². The Morgan fingerprint density at radius 2 is 1.65 bits per heavy atom. The smallest absolute Gasteiger partial charge is 0.261 e. The van der Waals surface area contributed by atoms with E-state index in [2.05, 4.69) is 0 Å². The van der Waals surface area contributed by atoms with Crippen molar-refractivity contribution in [3.8, 4) is 0 Å². The molecule has 1 aromatic carbocycles. The standard InChI is InChI=1S/C13H14N2O2/c14-8-5-6-9(7-8)15-12(16)10-3-1-2-4-11(10)13(15)17/h1-4,8-9H,5-7,14H2. The zero-order valence-corrected chi connectivity index (χ0v) is 9.43. The van der Waals surface area contributed by atoms with Gasteiger partial charge in [-0.15, -0.1) is 0 Å². The van der Waals surface area contributed by atoms with Crippen molar-refractivity contribution in [2.75, 3.05) is 0 Å². The Morgan fingerprint density at radius 1 is 1.06 bits per heavy atom. The molecule has 1 aliphatic carbocycles. The molecule has 4 nitrogen and oxygen atoms in total. The Morgan fingerprint density at radius 3 is 2.12 bits per heavy atom. The highest BCUT2D eigenvalue weighted by atomic mass is 16.2. The van der Waals surface area contributed by atoms with Crippen LogP contribution in [0, 0.1) is 0 Å². The minimum absolute atomic E-state index is 0.0163. The zero-order chi connectivity index (χ0) is 12.0. The van der Waals surface area contributed by atoms with Gasteiger partial charge < -0.3 is 5.73 Å². The van der Waals surface area contributed by atoms with Gasteiger partial charge in [-0.25, -0.2) is 0 Å². The van der Waals surface area contributed by atoms with Gasteiger partial charge in [-0.2, -0.15) is 0 Å². The first-order valence-electron chi connectivity index (χ1n) is 5.91. The quantitative estimate of drug-likeness (QED) is 0.736.